The molecule has 0 unspecified atom stereocenters. The molecule has 2 rings (SSSR count). The summed E-state index contributed by atoms with van der Waals surface area (Å²) in [6.07, 6.45) is 2.30. The first-order chi connectivity index (χ1) is 10.3. The molecule has 0 aliphatic rings. The van der Waals surface area contributed by atoms with E-state index >= 15 is 0 Å². The van der Waals surface area contributed by atoms with E-state index in [0.717, 1.165) is 32.6 Å². The van der Waals surface area contributed by atoms with Gasteiger partial charge >= 0.3 is 0 Å². The maximum Gasteiger partial charge on any atom is 0.0230 e. The second kappa shape index (κ2) is 9.32. The summed E-state index contributed by atoms with van der Waals surface area (Å²) in [6, 6.07) is 21.3. The van der Waals surface area contributed by atoms with Crippen molar-refractivity contribution in [1.82, 2.24) is 10.2 Å². The first-order valence-electron chi connectivity index (χ1n) is 7.82. The Morgan fingerprint density at radius 1 is 0.810 bits per heavy atom. The SMILES string of the molecule is CN(CCCNCCc1ccccc1)Cc1ccccc1. The van der Waals surface area contributed by atoms with Crippen molar-refractivity contribution in [3.63, 3.8) is 0 Å². The van der Waals surface area contributed by atoms with E-state index in [1.54, 1.807) is 0 Å². The molecule has 0 radical (unpaired) electrons. The molecule has 2 aromatic carbocycles. The van der Waals surface area contributed by atoms with E-state index in [-0.39, 0.29) is 0 Å². The predicted octanol–water partition coefficient (Wildman–Crippen LogP) is 3.34. The van der Waals surface area contributed by atoms with Gasteiger partial charge in [0.1, 0.15) is 0 Å². The molecule has 2 aromatic rings. The van der Waals surface area contributed by atoms with Crippen molar-refractivity contribution in [2.45, 2.75) is 19.4 Å². The maximum absolute atomic E-state index is 3.53. The lowest BCUT2D eigenvalue weighted by Gasteiger charge is -2.16. The highest BCUT2D eigenvalue weighted by Gasteiger charge is 1.99. The Labute approximate surface area is 128 Å². The number of nitrogens with zero attached hydrogens (tertiary/aromatic N) is 1. The lowest BCUT2D eigenvalue weighted by atomic mass is 10.1. The largest absolute Gasteiger partial charge is 0.316 e. The van der Waals surface area contributed by atoms with E-state index in [0.29, 0.717) is 0 Å². The van der Waals surface area contributed by atoms with Crippen molar-refractivity contribution in [3.8, 4) is 0 Å². The molecule has 2 heteroatoms. The number of hydrogen-bond acceptors (Lipinski definition) is 2. The van der Waals surface area contributed by atoms with Gasteiger partial charge < -0.3 is 10.2 Å². The lowest BCUT2D eigenvalue weighted by Crippen LogP contribution is -2.25. The molecule has 0 saturated carbocycles. The van der Waals surface area contributed by atoms with Crippen LogP contribution in [0.1, 0.15) is 17.5 Å². The van der Waals surface area contributed by atoms with Crippen molar-refractivity contribution >= 4 is 0 Å². The van der Waals surface area contributed by atoms with Crippen LogP contribution in [0.5, 0.6) is 0 Å². The summed E-state index contributed by atoms with van der Waals surface area (Å²) in [5.74, 6) is 0. The summed E-state index contributed by atoms with van der Waals surface area (Å²) in [5.41, 5.74) is 2.79. The zero-order valence-corrected chi connectivity index (χ0v) is 13.0. The molecule has 112 valence electrons. The summed E-state index contributed by atoms with van der Waals surface area (Å²) in [4.78, 5) is 2.38. The summed E-state index contributed by atoms with van der Waals surface area (Å²) < 4.78 is 0. The average Bonchev–Trinajstić information content (AvgIpc) is 2.53. The van der Waals surface area contributed by atoms with Gasteiger partial charge in [0.05, 0.1) is 0 Å². The summed E-state index contributed by atoms with van der Waals surface area (Å²) in [5, 5.41) is 3.53. The van der Waals surface area contributed by atoms with Gasteiger partial charge in [-0.2, -0.15) is 0 Å². The van der Waals surface area contributed by atoms with Crippen molar-refractivity contribution in [3.05, 3.63) is 71.8 Å². The molecule has 0 heterocycles. The molecule has 0 amide bonds. The monoisotopic (exact) mass is 282 g/mol. The molecule has 0 bridgehead atoms. The standard InChI is InChI=1S/C19H26N2/c1-21(17-19-11-6-3-7-12-19)16-8-14-20-15-13-18-9-4-2-5-10-18/h2-7,9-12,20H,8,13-17H2,1H3. The number of rotatable bonds is 9. The predicted molar refractivity (Wildman–Crippen MR) is 90.4 cm³/mol. The number of hydrogen-bond donors (Lipinski definition) is 1. The van der Waals surface area contributed by atoms with Crippen LogP contribution in [0.25, 0.3) is 0 Å². The third-order valence-electron chi connectivity index (χ3n) is 3.62. The van der Waals surface area contributed by atoms with Crippen LogP contribution in [-0.4, -0.2) is 31.6 Å². The van der Waals surface area contributed by atoms with Crippen molar-refractivity contribution in [2.24, 2.45) is 0 Å². The van der Waals surface area contributed by atoms with Gasteiger partial charge in [0.2, 0.25) is 0 Å². The van der Waals surface area contributed by atoms with Crippen LogP contribution >= 0.6 is 0 Å². The summed E-state index contributed by atoms with van der Waals surface area (Å²) in [7, 11) is 2.19. The molecule has 0 aliphatic heterocycles. The highest BCUT2D eigenvalue weighted by molar-refractivity contribution is 5.15. The summed E-state index contributed by atoms with van der Waals surface area (Å²) >= 11 is 0. The van der Waals surface area contributed by atoms with Crippen LogP contribution in [0.4, 0.5) is 0 Å². The van der Waals surface area contributed by atoms with E-state index in [2.05, 4.69) is 77.9 Å². The molecular formula is C19H26N2. The fraction of sp³-hybridized carbons (Fsp3) is 0.368. The molecule has 21 heavy (non-hydrogen) atoms. The summed E-state index contributed by atoms with van der Waals surface area (Å²) in [6.45, 7) is 4.32. The van der Waals surface area contributed by atoms with Gasteiger partial charge in [-0.15, -0.1) is 0 Å². The molecule has 0 atom stereocenters. The first kappa shape index (κ1) is 15.7. The molecule has 1 N–H and O–H groups in total. The Kier molecular flexibility index (Phi) is 6.99. The highest BCUT2D eigenvalue weighted by Crippen LogP contribution is 2.02. The van der Waals surface area contributed by atoms with Crippen molar-refractivity contribution < 1.29 is 0 Å². The Bertz CT molecular complexity index is 481. The fourth-order valence-electron chi connectivity index (χ4n) is 2.45. The Hall–Kier alpha value is -1.64. The average molecular weight is 282 g/mol. The third-order valence-corrected chi connectivity index (χ3v) is 3.62. The van der Waals surface area contributed by atoms with Gasteiger partial charge in [-0.1, -0.05) is 60.7 Å². The molecule has 2 nitrogen and oxygen atoms in total. The van der Waals surface area contributed by atoms with Crippen molar-refractivity contribution in [2.75, 3.05) is 26.7 Å². The molecule has 0 spiro atoms. The van der Waals surface area contributed by atoms with E-state index < -0.39 is 0 Å². The normalized spacial score (nSPS) is 11.0. The van der Waals surface area contributed by atoms with E-state index in [1.807, 2.05) is 0 Å². The Morgan fingerprint density at radius 3 is 2.10 bits per heavy atom. The zero-order chi connectivity index (χ0) is 14.8. The Balaban J connectivity index is 1.51. The van der Waals surface area contributed by atoms with Crippen LogP contribution in [0, 0.1) is 0 Å². The minimum Gasteiger partial charge on any atom is -0.316 e. The first-order valence-corrected chi connectivity index (χ1v) is 7.82. The minimum absolute atomic E-state index is 1.03. The van der Waals surface area contributed by atoms with Crippen LogP contribution in [0.2, 0.25) is 0 Å². The third kappa shape index (κ3) is 6.56. The van der Waals surface area contributed by atoms with Gasteiger partial charge in [-0.25, -0.2) is 0 Å². The van der Waals surface area contributed by atoms with Gasteiger partial charge in [0, 0.05) is 6.54 Å². The van der Waals surface area contributed by atoms with Crippen LogP contribution in [0.15, 0.2) is 60.7 Å². The lowest BCUT2D eigenvalue weighted by molar-refractivity contribution is 0.320. The van der Waals surface area contributed by atoms with Crippen molar-refractivity contribution in [1.29, 1.82) is 0 Å². The van der Waals surface area contributed by atoms with E-state index in [9.17, 15) is 0 Å². The van der Waals surface area contributed by atoms with E-state index in [1.165, 1.54) is 17.5 Å². The van der Waals surface area contributed by atoms with Gasteiger partial charge in [0.25, 0.3) is 0 Å². The quantitative estimate of drug-likeness (QED) is 0.710. The molecule has 0 aliphatic carbocycles. The smallest absolute Gasteiger partial charge is 0.0230 e. The topological polar surface area (TPSA) is 15.3 Å². The van der Waals surface area contributed by atoms with Crippen LogP contribution < -0.4 is 5.32 Å². The fourth-order valence-corrected chi connectivity index (χ4v) is 2.45. The maximum atomic E-state index is 3.53. The number of nitrogens with one attached hydrogen (secondary N) is 1. The molecule has 0 saturated heterocycles. The van der Waals surface area contributed by atoms with Gasteiger partial charge in [0.15, 0.2) is 0 Å². The molecular weight excluding hydrogens is 256 g/mol. The second-order valence-electron chi connectivity index (χ2n) is 5.56. The van der Waals surface area contributed by atoms with Gasteiger partial charge in [-0.05, 0) is 50.7 Å². The zero-order valence-electron chi connectivity index (χ0n) is 13.0. The van der Waals surface area contributed by atoms with Gasteiger partial charge in [-0.3, -0.25) is 0 Å². The number of benzene rings is 2. The van der Waals surface area contributed by atoms with Crippen LogP contribution in [0.3, 0.4) is 0 Å². The van der Waals surface area contributed by atoms with Crippen LogP contribution in [-0.2, 0) is 13.0 Å². The Morgan fingerprint density at radius 2 is 1.43 bits per heavy atom. The molecule has 0 aromatic heterocycles. The second-order valence-corrected chi connectivity index (χ2v) is 5.56. The minimum atomic E-state index is 1.03. The molecule has 0 fully saturated rings. The van der Waals surface area contributed by atoms with E-state index in [4.69, 9.17) is 0 Å². The highest BCUT2D eigenvalue weighted by atomic mass is 15.1.